The molecule has 0 radical (unpaired) electrons. The molecule has 112 valence electrons. The van der Waals surface area contributed by atoms with Crippen LogP contribution in [-0.4, -0.2) is 11.3 Å². The Kier molecular flexibility index (Phi) is 3.58. The molecule has 1 aromatic carbocycles. The van der Waals surface area contributed by atoms with Gasteiger partial charge in [0.05, 0.1) is 5.69 Å². The molecule has 22 heavy (non-hydrogen) atoms. The summed E-state index contributed by atoms with van der Waals surface area (Å²) in [5.74, 6) is 0.656. The number of rotatable bonds is 3. The smallest absolute Gasteiger partial charge is 0.443 e. The van der Waals surface area contributed by atoms with Crippen molar-refractivity contribution in [2.75, 3.05) is 0 Å². The Hall–Kier alpha value is -2.41. The third-order valence-corrected chi connectivity index (χ3v) is 3.82. The van der Waals surface area contributed by atoms with Gasteiger partial charge >= 0.3 is 6.18 Å². The van der Waals surface area contributed by atoms with E-state index in [1.807, 2.05) is 0 Å². The van der Waals surface area contributed by atoms with E-state index in [0.29, 0.717) is 34.5 Å². The van der Waals surface area contributed by atoms with E-state index < -0.39 is 11.2 Å². The number of nitrogens with zero attached hydrogens (tertiary/aromatic N) is 1. The molecule has 0 atom stereocenters. The molecule has 0 aliphatic carbocycles. The lowest BCUT2D eigenvalue weighted by Gasteiger charge is -2.02. The summed E-state index contributed by atoms with van der Waals surface area (Å²) in [6.07, 6.45) is -3.86. The molecule has 0 fully saturated rings. The zero-order chi connectivity index (χ0) is 15.7. The summed E-state index contributed by atoms with van der Waals surface area (Å²) in [6, 6.07) is 9.93. The predicted octanol–water partition coefficient (Wildman–Crippen LogP) is 4.90. The van der Waals surface area contributed by atoms with Crippen LogP contribution in [0.25, 0.3) is 22.6 Å². The van der Waals surface area contributed by atoms with Crippen LogP contribution in [0.4, 0.5) is 13.2 Å². The molecule has 0 N–H and O–H groups in total. The van der Waals surface area contributed by atoms with E-state index in [0.717, 1.165) is 0 Å². The Morgan fingerprint density at radius 1 is 1.14 bits per heavy atom. The molecule has 0 bridgehead atoms. The van der Waals surface area contributed by atoms with Gasteiger partial charge in [-0.05, 0) is 18.2 Å². The average Bonchev–Trinajstić information content (AvgIpc) is 3.16. The van der Waals surface area contributed by atoms with Crippen LogP contribution in [0.3, 0.4) is 0 Å². The summed E-state index contributed by atoms with van der Waals surface area (Å²) >= 11 is 0.555. The lowest BCUT2D eigenvalue weighted by molar-refractivity contribution is -0.137. The number of thiazole rings is 1. The summed E-state index contributed by atoms with van der Waals surface area (Å²) in [6.45, 7) is 0. The Morgan fingerprint density at radius 3 is 2.55 bits per heavy atom. The van der Waals surface area contributed by atoms with Crippen LogP contribution < -0.4 is 0 Å². The van der Waals surface area contributed by atoms with Gasteiger partial charge in [-0.1, -0.05) is 18.2 Å². The molecule has 7 heteroatoms. The first-order valence-corrected chi connectivity index (χ1v) is 7.04. The highest BCUT2D eigenvalue weighted by Crippen LogP contribution is 2.35. The van der Waals surface area contributed by atoms with Crippen LogP contribution >= 0.6 is 11.3 Å². The van der Waals surface area contributed by atoms with Crippen molar-refractivity contribution in [2.45, 2.75) is 6.18 Å². The molecule has 0 aliphatic rings. The average molecular weight is 323 g/mol. The molecular formula is C15H8F3NO2S. The second-order valence-corrected chi connectivity index (χ2v) is 5.29. The molecule has 0 saturated carbocycles. The van der Waals surface area contributed by atoms with E-state index in [1.165, 1.54) is 11.4 Å². The van der Waals surface area contributed by atoms with Gasteiger partial charge in [-0.15, -0.1) is 11.3 Å². The molecule has 3 nitrogen and oxygen atoms in total. The van der Waals surface area contributed by atoms with E-state index in [4.69, 9.17) is 4.42 Å². The first-order chi connectivity index (χ1) is 10.5. The van der Waals surface area contributed by atoms with Gasteiger partial charge in [-0.25, -0.2) is 4.98 Å². The number of furan rings is 1. The summed E-state index contributed by atoms with van der Waals surface area (Å²) in [5.41, 5.74) is 1.46. The van der Waals surface area contributed by atoms with Crippen LogP contribution in [-0.2, 0) is 6.18 Å². The van der Waals surface area contributed by atoms with E-state index >= 15 is 0 Å². The van der Waals surface area contributed by atoms with E-state index in [1.54, 1.807) is 30.3 Å². The van der Waals surface area contributed by atoms with Gasteiger partial charge in [0, 0.05) is 16.5 Å². The van der Waals surface area contributed by atoms with E-state index in [9.17, 15) is 18.0 Å². The maximum atomic E-state index is 12.6. The van der Waals surface area contributed by atoms with E-state index in [2.05, 4.69) is 4.98 Å². The number of aldehydes is 1. The Morgan fingerprint density at radius 2 is 1.91 bits per heavy atom. The molecule has 3 aromatic rings. The van der Waals surface area contributed by atoms with Gasteiger partial charge in [-0.2, -0.15) is 13.2 Å². The Bertz CT molecular complexity index is 820. The highest BCUT2D eigenvalue weighted by molar-refractivity contribution is 7.10. The van der Waals surface area contributed by atoms with Crippen molar-refractivity contribution in [1.29, 1.82) is 0 Å². The first kappa shape index (κ1) is 14.5. The van der Waals surface area contributed by atoms with Crippen LogP contribution in [0.1, 0.15) is 15.6 Å². The third kappa shape index (κ3) is 2.80. The summed E-state index contributed by atoms with van der Waals surface area (Å²) in [7, 11) is 0. The fourth-order valence-corrected chi connectivity index (χ4v) is 2.64. The van der Waals surface area contributed by atoms with Gasteiger partial charge in [0.2, 0.25) is 0 Å². The van der Waals surface area contributed by atoms with Crippen molar-refractivity contribution in [3.63, 3.8) is 0 Å². The molecule has 0 aliphatic heterocycles. The van der Waals surface area contributed by atoms with Gasteiger partial charge in [0.25, 0.3) is 0 Å². The third-order valence-electron chi connectivity index (χ3n) is 2.93. The van der Waals surface area contributed by atoms with Gasteiger partial charge in [0.15, 0.2) is 17.1 Å². The number of aromatic nitrogens is 1. The maximum absolute atomic E-state index is 12.6. The number of halogens is 3. The Labute approximate surface area is 127 Å². The maximum Gasteiger partial charge on any atom is 0.443 e. The molecule has 0 unspecified atom stereocenters. The number of benzene rings is 1. The minimum Gasteiger partial charge on any atom is -0.453 e. The van der Waals surface area contributed by atoms with Crippen molar-refractivity contribution >= 4 is 17.6 Å². The number of carbonyl (C=O) groups excluding carboxylic acids is 1. The first-order valence-electron chi connectivity index (χ1n) is 6.16. The fraction of sp³-hybridized carbons (Fsp3) is 0.0667. The van der Waals surface area contributed by atoms with Crippen LogP contribution in [0.5, 0.6) is 0 Å². The van der Waals surface area contributed by atoms with Crippen molar-refractivity contribution in [1.82, 2.24) is 4.98 Å². The lowest BCUT2D eigenvalue weighted by Crippen LogP contribution is -2.03. The van der Waals surface area contributed by atoms with Crippen molar-refractivity contribution in [2.24, 2.45) is 0 Å². The van der Waals surface area contributed by atoms with Crippen LogP contribution in [0.15, 0.2) is 46.2 Å². The van der Waals surface area contributed by atoms with Crippen molar-refractivity contribution < 1.29 is 22.4 Å². The van der Waals surface area contributed by atoms with Gasteiger partial charge in [0.1, 0.15) is 5.76 Å². The highest BCUT2D eigenvalue weighted by Gasteiger charge is 2.34. The summed E-state index contributed by atoms with van der Waals surface area (Å²) in [5, 5.41) is 0.482. The predicted molar refractivity (Wildman–Crippen MR) is 75.6 cm³/mol. The second-order valence-electron chi connectivity index (χ2n) is 4.44. The summed E-state index contributed by atoms with van der Waals surface area (Å²) < 4.78 is 43.1. The van der Waals surface area contributed by atoms with Gasteiger partial charge < -0.3 is 4.42 Å². The van der Waals surface area contributed by atoms with Crippen molar-refractivity contribution in [3.05, 3.63) is 52.5 Å². The lowest BCUT2D eigenvalue weighted by atomic mass is 10.1. The molecule has 0 spiro atoms. The van der Waals surface area contributed by atoms with E-state index in [-0.39, 0.29) is 11.5 Å². The van der Waals surface area contributed by atoms with Crippen LogP contribution in [0, 0.1) is 0 Å². The van der Waals surface area contributed by atoms with Crippen LogP contribution in [0.2, 0.25) is 0 Å². The minimum absolute atomic E-state index is 0.188. The largest absolute Gasteiger partial charge is 0.453 e. The molecule has 3 rings (SSSR count). The van der Waals surface area contributed by atoms with Crippen molar-refractivity contribution in [3.8, 4) is 22.6 Å². The number of hydrogen-bond acceptors (Lipinski definition) is 4. The molecule has 0 saturated heterocycles. The normalized spacial score (nSPS) is 11.6. The second kappa shape index (κ2) is 5.42. The SMILES string of the molecule is O=Cc1ccc(-c2cccc(-c3csc(C(F)(F)F)n3)c2)o1. The quantitative estimate of drug-likeness (QED) is 0.644. The number of carbonyl (C=O) groups is 1. The molecule has 2 aromatic heterocycles. The standard InChI is InChI=1S/C15H8F3NO2S/c16-15(17,18)14-19-12(8-22-14)9-2-1-3-10(6-9)13-5-4-11(7-20)21-13/h1-8H. The zero-order valence-electron chi connectivity index (χ0n) is 10.9. The summed E-state index contributed by atoms with van der Waals surface area (Å²) in [4.78, 5) is 14.2. The topological polar surface area (TPSA) is 43.1 Å². The minimum atomic E-state index is -4.44. The molecule has 0 amide bonds. The number of alkyl halides is 3. The Balaban J connectivity index is 1.97. The molecular weight excluding hydrogens is 315 g/mol. The molecule has 2 heterocycles. The van der Waals surface area contributed by atoms with Gasteiger partial charge in [-0.3, -0.25) is 4.79 Å². The highest BCUT2D eigenvalue weighted by atomic mass is 32.1. The zero-order valence-corrected chi connectivity index (χ0v) is 11.7. The monoisotopic (exact) mass is 323 g/mol. The fourth-order valence-electron chi connectivity index (χ4n) is 1.94. The number of hydrogen-bond donors (Lipinski definition) is 0.